The van der Waals surface area contributed by atoms with Gasteiger partial charge in [-0.1, -0.05) is 109 Å². The highest BCUT2D eigenvalue weighted by atomic mass is 16.3. The zero-order chi connectivity index (χ0) is 28.3. The summed E-state index contributed by atoms with van der Waals surface area (Å²) >= 11 is 0. The highest BCUT2D eigenvalue weighted by Gasteiger charge is 2.21. The topological polar surface area (TPSA) is 63.8 Å². The van der Waals surface area contributed by atoms with E-state index in [-0.39, 0.29) is 0 Å². The predicted molar refractivity (Wildman–Crippen MR) is 176 cm³/mol. The molecule has 0 bridgehead atoms. The van der Waals surface area contributed by atoms with Crippen molar-refractivity contribution < 1.29 is 4.42 Å². The van der Waals surface area contributed by atoms with Gasteiger partial charge in [-0.15, -0.1) is 0 Å². The molecule has 0 radical (unpaired) electrons. The minimum Gasteiger partial charge on any atom is -0.454 e. The molecule has 1 N–H and O–H groups in total. The molecule has 5 nitrogen and oxygen atoms in total. The molecule has 0 saturated heterocycles. The standard InChI is InChI=1S/C38H24N4O/c1-2-9-26(10-3-1)36-40-37(42-38(41-36)29-12-6-13-31-34(29)35-32(43-31)14-7-21-39-35)27-20-17-24-16-19-25-18-15-23-8-4-5-11-28(23)33(25)30(24)22-27/h1-20,22,39H,21H2. The van der Waals surface area contributed by atoms with E-state index in [1.165, 1.54) is 32.3 Å². The molecule has 1 aliphatic rings. The normalized spacial score (nSPS) is 12.7. The van der Waals surface area contributed by atoms with Gasteiger partial charge in [-0.05, 0) is 50.5 Å². The Kier molecular flexibility index (Phi) is 5.19. The van der Waals surface area contributed by atoms with Crippen LogP contribution in [0.1, 0.15) is 5.76 Å². The molecule has 0 aliphatic carbocycles. The molecular formula is C38H24N4O. The number of fused-ring (bicyclic) bond motifs is 8. The predicted octanol–water partition coefficient (Wildman–Crippen LogP) is 9.52. The number of aromatic nitrogens is 3. The molecule has 0 unspecified atom stereocenters. The Morgan fingerprint density at radius 3 is 2.16 bits per heavy atom. The molecule has 9 rings (SSSR count). The van der Waals surface area contributed by atoms with Gasteiger partial charge in [0.05, 0.1) is 11.1 Å². The molecule has 1 aliphatic heterocycles. The van der Waals surface area contributed by atoms with Crippen molar-refractivity contribution in [1.82, 2.24) is 15.0 Å². The van der Waals surface area contributed by atoms with E-state index in [2.05, 4.69) is 84.2 Å². The lowest BCUT2D eigenvalue weighted by Crippen LogP contribution is -2.03. The largest absolute Gasteiger partial charge is 0.454 e. The SMILES string of the molecule is C1=Cc2oc3cccc(-c4nc(-c5ccccc5)nc(-c5ccc6ccc7ccc8ccccc8c7c6c5)n4)c3c2NC1. The second kappa shape index (κ2) is 9.36. The highest BCUT2D eigenvalue weighted by molar-refractivity contribution is 6.20. The van der Waals surface area contributed by atoms with Crippen LogP contribution in [0.3, 0.4) is 0 Å². The Bertz CT molecular complexity index is 2400. The summed E-state index contributed by atoms with van der Waals surface area (Å²) in [6, 6.07) is 40.0. The van der Waals surface area contributed by atoms with E-state index >= 15 is 0 Å². The fourth-order valence-electron chi connectivity index (χ4n) is 6.28. The third-order valence-corrected chi connectivity index (χ3v) is 8.30. The zero-order valence-corrected chi connectivity index (χ0v) is 23.1. The first-order chi connectivity index (χ1) is 21.3. The van der Waals surface area contributed by atoms with Gasteiger partial charge in [0.1, 0.15) is 5.58 Å². The van der Waals surface area contributed by atoms with Crippen molar-refractivity contribution in [2.45, 2.75) is 0 Å². The maximum Gasteiger partial charge on any atom is 0.164 e. The average molecular weight is 553 g/mol. The summed E-state index contributed by atoms with van der Waals surface area (Å²) in [7, 11) is 0. The summed E-state index contributed by atoms with van der Waals surface area (Å²) in [6.45, 7) is 0.743. The molecule has 0 fully saturated rings. The van der Waals surface area contributed by atoms with E-state index in [0.717, 1.165) is 45.7 Å². The smallest absolute Gasteiger partial charge is 0.164 e. The molecule has 0 amide bonds. The summed E-state index contributed by atoms with van der Waals surface area (Å²) in [5.41, 5.74) is 4.56. The molecule has 0 spiro atoms. The van der Waals surface area contributed by atoms with Crippen LogP contribution >= 0.6 is 0 Å². The Balaban J connectivity index is 1.31. The minimum absolute atomic E-state index is 0.609. The van der Waals surface area contributed by atoms with Crippen LogP contribution in [0.25, 0.3) is 83.5 Å². The monoisotopic (exact) mass is 552 g/mol. The van der Waals surface area contributed by atoms with Gasteiger partial charge in [-0.3, -0.25) is 0 Å². The summed E-state index contributed by atoms with van der Waals surface area (Å²) < 4.78 is 6.19. The first-order valence-electron chi connectivity index (χ1n) is 14.4. The van der Waals surface area contributed by atoms with Crippen molar-refractivity contribution in [3.63, 3.8) is 0 Å². The fraction of sp³-hybridized carbons (Fsp3) is 0.0263. The molecule has 43 heavy (non-hydrogen) atoms. The Morgan fingerprint density at radius 1 is 0.558 bits per heavy atom. The zero-order valence-electron chi connectivity index (χ0n) is 23.1. The van der Waals surface area contributed by atoms with E-state index in [1.54, 1.807) is 0 Å². The lowest BCUT2D eigenvalue weighted by molar-refractivity contribution is 0.604. The van der Waals surface area contributed by atoms with Gasteiger partial charge < -0.3 is 9.73 Å². The third kappa shape index (κ3) is 3.82. The molecule has 6 aromatic carbocycles. The van der Waals surface area contributed by atoms with Crippen LogP contribution in [0.2, 0.25) is 0 Å². The number of anilines is 1. The van der Waals surface area contributed by atoms with Crippen LogP contribution < -0.4 is 5.32 Å². The number of furan rings is 1. The van der Waals surface area contributed by atoms with Crippen LogP contribution in [0.5, 0.6) is 0 Å². The number of hydrogen-bond donors (Lipinski definition) is 1. The number of benzene rings is 6. The summed E-state index contributed by atoms with van der Waals surface area (Å²) in [5.74, 6) is 2.69. The third-order valence-electron chi connectivity index (χ3n) is 8.30. The lowest BCUT2D eigenvalue weighted by atomic mass is 9.95. The van der Waals surface area contributed by atoms with Gasteiger partial charge >= 0.3 is 0 Å². The average Bonchev–Trinajstić information content (AvgIpc) is 3.47. The molecule has 0 saturated carbocycles. The molecule has 2 aromatic heterocycles. The molecular weight excluding hydrogens is 528 g/mol. The van der Waals surface area contributed by atoms with Crippen LogP contribution in [-0.2, 0) is 0 Å². The van der Waals surface area contributed by atoms with Crippen LogP contribution in [-0.4, -0.2) is 21.5 Å². The van der Waals surface area contributed by atoms with Gasteiger partial charge in [0, 0.05) is 23.2 Å². The van der Waals surface area contributed by atoms with Gasteiger partial charge in [-0.2, -0.15) is 0 Å². The Morgan fingerprint density at radius 2 is 1.28 bits per heavy atom. The number of nitrogens with one attached hydrogen (secondary N) is 1. The molecule has 0 atom stereocenters. The fourth-order valence-corrected chi connectivity index (χ4v) is 6.28. The van der Waals surface area contributed by atoms with E-state index in [1.807, 2.05) is 48.5 Å². The van der Waals surface area contributed by atoms with Crippen LogP contribution in [0.4, 0.5) is 5.69 Å². The molecule has 202 valence electrons. The second-order valence-corrected chi connectivity index (χ2v) is 10.9. The van der Waals surface area contributed by atoms with E-state index in [4.69, 9.17) is 19.4 Å². The highest BCUT2D eigenvalue weighted by Crippen LogP contribution is 2.40. The number of nitrogens with zero attached hydrogens (tertiary/aromatic N) is 3. The Hall–Kier alpha value is -5.81. The maximum absolute atomic E-state index is 6.19. The summed E-state index contributed by atoms with van der Waals surface area (Å²) in [5, 5.41) is 11.7. The van der Waals surface area contributed by atoms with Gasteiger partial charge in [0.15, 0.2) is 23.2 Å². The minimum atomic E-state index is 0.609. The van der Waals surface area contributed by atoms with Crippen molar-refractivity contribution in [3.05, 3.63) is 127 Å². The summed E-state index contributed by atoms with van der Waals surface area (Å²) in [4.78, 5) is 15.2. The maximum atomic E-state index is 6.19. The molecule has 8 aromatic rings. The van der Waals surface area contributed by atoms with E-state index in [9.17, 15) is 0 Å². The Labute approximate surface area is 247 Å². The van der Waals surface area contributed by atoms with Crippen molar-refractivity contribution in [2.75, 3.05) is 11.9 Å². The van der Waals surface area contributed by atoms with Crippen molar-refractivity contribution in [1.29, 1.82) is 0 Å². The molecule has 3 heterocycles. The lowest BCUT2D eigenvalue weighted by Gasteiger charge is -2.12. The summed E-state index contributed by atoms with van der Waals surface area (Å²) in [6.07, 6.45) is 4.08. The van der Waals surface area contributed by atoms with E-state index < -0.39 is 0 Å². The van der Waals surface area contributed by atoms with Gasteiger partial charge in [-0.25, -0.2) is 15.0 Å². The van der Waals surface area contributed by atoms with Crippen LogP contribution in [0, 0.1) is 0 Å². The van der Waals surface area contributed by atoms with Crippen molar-refractivity contribution >= 4 is 55.0 Å². The number of rotatable bonds is 3. The van der Waals surface area contributed by atoms with Crippen molar-refractivity contribution in [2.24, 2.45) is 0 Å². The van der Waals surface area contributed by atoms with Crippen molar-refractivity contribution in [3.8, 4) is 34.2 Å². The quantitative estimate of drug-likeness (QED) is 0.221. The van der Waals surface area contributed by atoms with Crippen LogP contribution in [0.15, 0.2) is 126 Å². The first-order valence-corrected chi connectivity index (χ1v) is 14.4. The first kappa shape index (κ1) is 23.9. The van der Waals surface area contributed by atoms with Gasteiger partial charge in [0.2, 0.25) is 0 Å². The van der Waals surface area contributed by atoms with Gasteiger partial charge in [0.25, 0.3) is 0 Å². The molecule has 5 heteroatoms. The van der Waals surface area contributed by atoms with E-state index in [0.29, 0.717) is 17.5 Å². The number of hydrogen-bond acceptors (Lipinski definition) is 5. The second-order valence-electron chi connectivity index (χ2n) is 10.9.